The fraction of sp³-hybridized carbons (Fsp3) is 0. The van der Waals surface area contributed by atoms with E-state index in [-0.39, 0.29) is 11.4 Å². The second-order valence-electron chi connectivity index (χ2n) is 4.54. The largest absolute Gasteiger partial charge is 0.285 e. The Morgan fingerprint density at radius 2 is 1.04 bits per heavy atom. The minimum absolute atomic E-state index is 0.0276. The lowest BCUT2D eigenvalue weighted by atomic mass is 10.2. The third-order valence-electron chi connectivity index (χ3n) is 3.12. The molecule has 6 nitrogen and oxygen atoms in total. The van der Waals surface area contributed by atoms with Crippen molar-refractivity contribution in [1.82, 2.24) is 17.5 Å². The molecule has 0 bridgehead atoms. The molecule has 0 saturated carbocycles. The standard InChI is InChI=1S/C14H6N4O2S4/c19-13-9(7-3-1-5-21-7)15-23-17-11(13)12-14(20)10(16-24-18-12)8-4-2-6-22-8/h1-6H. The highest BCUT2D eigenvalue weighted by atomic mass is 32.1. The van der Waals surface area contributed by atoms with Crippen LogP contribution in [0.2, 0.25) is 0 Å². The number of rotatable bonds is 3. The Hall–Kier alpha value is -2.14. The lowest BCUT2D eigenvalue weighted by Crippen LogP contribution is -2.18. The fourth-order valence-electron chi connectivity index (χ4n) is 2.04. The van der Waals surface area contributed by atoms with Crippen LogP contribution in [0, 0.1) is 0 Å². The van der Waals surface area contributed by atoms with Crippen LogP contribution in [0.15, 0.2) is 44.6 Å². The zero-order valence-electron chi connectivity index (χ0n) is 11.7. The van der Waals surface area contributed by atoms with Gasteiger partial charge in [0, 0.05) is 0 Å². The first-order valence-electron chi connectivity index (χ1n) is 6.57. The first-order chi connectivity index (χ1) is 11.8. The third kappa shape index (κ3) is 2.63. The highest BCUT2D eigenvalue weighted by molar-refractivity contribution is 7.14. The summed E-state index contributed by atoms with van der Waals surface area (Å²) >= 11 is 4.60. The Bertz CT molecular complexity index is 1010. The quantitative estimate of drug-likeness (QED) is 0.534. The number of hydrogen-bond donors (Lipinski definition) is 0. The summed E-state index contributed by atoms with van der Waals surface area (Å²) in [6.07, 6.45) is 0. The molecule has 4 rings (SSSR count). The van der Waals surface area contributed by atoms with Crippen molar-refractivity contribution in [2.45, 2.75) is 0 Å². The van der Waals surface area contributed by atoms with Gasteiger partial charge in [0.15, 0.2) is 11.4 Å². The molecule has 0 fully saturated rings. The second kappa shape index (κ2) is 6.40. The molecule has 0 radical (unpaired) electrons. The third-order valence-corrected chi connectivity index (χ3v) is 5.93. The molecule has 24 heavy (non-hydrogen) atoms. The number of aromatic nitrogens is 4. The molecule has 0 saturated heterocycles. The zero-order valence-corrected chi connectivity index (χ0v) is 15.0. The van der Waals surface area contributed by atoms with Crippen molar-refractivity contribution in [3.05, 3.63) is 55.5 Å². The SMILES string of the molecule is O=c1c(-c2cccs2)nsnc1-c1nsnc(-c2cccs2)c1=O. The normalized spacial score (nSPS) is 10.8. The predicted octanol–water partition coefficient (Wildman–Crippen LogP) is 3.23. The summed E-state index contributed by atoms with van der Waals surface area (Å²) in [5, 5.41) is 3.73. The van der Waals surface area contributed by atoms with Crippen LogP contribution in [0.3, 0.4) is 0 Å². The Labute approximate surface area is 151 Å². The molecule has 4 aromatic heterocycles. The molecular formula is C14H6N4O2S4. The lowest BCUT2D eigenvalue weighted by Gasteiger charge is -2.00. The molecule has 0 spiro atoms. The molecule has 0 N–H and O–H groups in total. The van der Waals surface area contributed by atoms with Crippen molar-refractivity contribution in [2.75, 3.05) is 0 Å². The first-order valence-corrected chi connectivity index (χ1v) is 9.79. The van der Waals surface area contributed by atoms with Gasteiger partial charge in [0.25, 0.3) is 0 Å². The van der Waals surface area contributed by atoms with Crippen molar-refractivity contribution in [1.29, 1.82) is 0 Å². The summed E-state index contributed by atoms with van der Waals surface area (Å²) in [4.78, 5) is 26.9. The molecule has 0 aliphatic rings. The number of nitrogens with zero attached hydrogens (tertiary/aromatic N) is 4. The Kier molecular flexibility index (Phi) is 4.10. The van der Waals surface area contributed by atoms with Gasteiger partial charge in [-0.3, -0.25) is 9.59 Å². The van der Waals surface area contributed by atoms with E-state index in [9.17, 15) is 9.59 Å². The molecule has 4 aromatic rings. The number of hydrogen-bond acceptors (Lipinski definition) is 10. The Morgan fingerprint density at radius 1 is 0.625 bits per heavy atom. The summed E-state index contributed by atoms with van der Waals surface area (Å²) in [6, 6.07) is 7.30. The summed E-state index contributed by atoms with van der Waals surface area (Å²) in [5.41, 5.74) is -0.145. The van der Waals surface area contributed by atoms with E-state index in [2.05, 4.69) is 17.5 Å². The molecule has 10 heteroatoms. The maximum absolute atomic E-state index is 12.7. The van der Waals surface area contributed by atoms with E-state index in [1.807, 2.05) is 35.0 Å². The fourth-order valence-corrected chi connectivity index (χ4v) is 4.68. The second-order valence-corrected chi connectivity index (χ2v) is 7.49. The van der Waals surface area contributed by atoms with Crippen LogP contribution in [0.4, 0.5) is 0 Å². The average Bonchev–Trinajstić information content (AvgIpc) is 3.29. The molecule has 0 unspecified atom stereocenters. The summed E-state index contributed by atoms with van der Waals surface area (Å²) in [5.74, 6) is 0. The summed E-state index contributed by atoms with van der Waals surface area (Å²) < 4.78 is 16.3. The first kappa shape index (κ1) is 15.4. The van der Waals surface area contributed by atoms with Gasteiger partial charge < -0.3 is 0 Å². The molecular weight excluding hydrogens is 384 g/mol. The highest BCUT2D eigenvalue weighted by Gasteiger charge is 2.20. The van der Waals surface area contributed by atoms with E-state index in [1.165, 1.54) is 22.7 Å². The van der Waals surface area contributed by atoms with Crippen LogP contribution in [0.5, 0.6) is 0 Å². The maximum atomic E-state index is 12.7. The van der Waals surface area contributed by atoms with Crippen molar-refractivity contribution in [2.24, 2.45) is 0 Å². The van der Waals surface area contributed by atoms with Crippen molar-refractivity contribution in [3.8, 4) is 32.5 Å². The van der Waals surface area contributed by atoms with E-state index >= 15 is 0 Å². The van der Waals surface area contributed by atoms with Gasteiger partial charge in [-0.05, 0) is 22.9 Å². The van der Waals surface area contributed by atoms with E-state index < -0.39 is 10.9 Å². The van der Waals surface area contributed by atoms with E-state index in [4.69, 9.17) is 0 Å². The van der Waals surface area contributed by atoms with E-state index in [0.717, 1.165) is 33.2 Å². The number of thiophene rings is 2. The van der Waals surface area contributed by atoms with Gasteiger partial charge in [0.05, 0.1) is 33.2 Å². The van der Waals surface area contributed by atoms with E-state index in [1.54, 1.807) is 0 Å². The average molecular weight is 390 g/mol. The molecule has 118 valence electrons. The van der Waals surface area contributed by atoms with Crippen molar-refractivity contribution < 1.29 is 0 Å². The van der Waals surface area contributed by atoms with Gasteiger partial charge in [0.2, 0.25) is 10.9 Å². The molecule has 0 aliphatic carbocycles. The maximum Gasteiger partial charge on any atom is 0.235 e. The smallest absolute Gasteiger partial charge is 0.235 e. The minimum Gasteiger partial charge on any atom is -0.285 e. The van der Waals surface area contributed by atoms with Crippen molar-refractivity contribution >= 4 is 46.1 Å². The van der Waals surface area contributed by atoms with Gasteiger partial charge in [-0.2, -0.15) is 17.5 Å². The Balaban J connectivity index is 1.93. The van der Waals surface area contributed by atoms with Crippen LogP contribution in [-0.4, -0.2) is 17.5 Å². The monoisotopic (exact) mass is 390 g/mol. The summed E-state index contributed by atoms with van der Waals surface area (Å²) in [7, 11) is 0. The van der Waals surface area contributed by atoms with Crippen molar-refractivity contribution in [3.63, 3.8) is 0 Å². The van der Waals surface area contributed by atoms with Gasteiger partial charge in [-0.15, -0.1) is 22.7 Å². The summed E-state index contributed by atoms with van der Waals surface area (Å²) in [6.45, 7) is 0. The predicted molar refractivity (Wildman–Crippen MR) is 98.0 cm³/mol. The molecule has 0 aromatic carbocycles. The van der Waals surface area contributed by atoms with Gasteiger partial charge in [-0.1, -0.05) is 12.1 Å². The molecule has 4 heterocycles. The van der Waals surface area contributed by atoms with Gasteiger partial charge in [0.1, 0.15) is 11.4 Å². The van der Waals surface area contributed by atoms with Crippen LogP contribution >= 0.6 is 46.1 Å². The van der Waals surface area contributed by atoms with Gasteiger partial charge in [-0.25, -0.2) is 0 Å². The highest BCUT2D eigenvalue weighted by Crippen LogP contribution is 2.23. The zero-order chi connectivity index (χ0) is 16.5. The molecule has 0 amide bonds. The Morgan fingerprint density at radius 3 is 1.42 bits per heavy atom. The van der Waals surface area contributed by atoms with Gasteiger partial charge >= 0.3 is 0 Å². The van der Waals surface area contributed by atoms with E-state index in [0.29, 0.717) is 11.4 Å². The van der Waals surface area contributed by atoms with Crippen LogP contribution in [0.1, 0.15) is 0 Å². The van der Waals surface area contributed by atoms with Crippen LogP contribution in [-0.2, 0) is 0 Å². The minimum atomic E-state index is -0.392. The van der Waals surface area contributed by atoms with Crippen LogP contribution in [0.25, 0.3) is 32.5 Å². The lowest BCUT2D eigenvalue weighted by molar-refractivity contribution is 1.28. The van der Waals surface area contributed by atoms with Crippen LogP contribution < -0.4 is 10.9 Å². The molecule has 0 atom stereocenters. The topological polar surface area (TPSA) is 85.7 Å². The molecule has 0 aliphatic heterocycles.